The van der Waals surface area contributed by atoms with Crippen LogP contribution in [0.3, 0.4) is 0 Å². The van der Waals surface area contributed by atoms with Gasteiger partial charge in [-0.3, -0.25) is 15.4 Å². The maximum absolute atomic E-state index is 13.7. The van der Waals surface area contributed by atoms with E-state index in [9.17, 15) is 28.8 Å². The fraction of sp³-hybridized carbons (Fsp3) is 0.310. The second-order valence-electron chi connectivity index (χ2n) is 12.7. The highest BCUT2D eigenvalue weighted by Crippen LogP contribution is 2.31. The molecule has 1 saturated heterocycles. The summed E-state index contributed by atoms with van der Waals surface area (Å²) in [5, 5.41) is 14.4. The number of carbonyl (C=O) groups excluding carboxylic acids is 4. The Morgan fingerprint density at radius 2 is 1.46 bits per heavy atom. The number of amides is 2. The number of hydrogen-bond acceptors (Lipinski definition) is 12. The largest absolute Gasteiger partial charge is 0.462 e. The van der Waals surface area contributed by atoms with Gasteiger partial charge < -0.3 is 33.2 Å². The van der Waals surface area contributed by atoms with E-state index < -0.39 is 67.3 Å². The Morgan fingerprint density at radius 1 is 0.754 bits per heavy atom. The van der Waals surface area contributed by atoms with E-state index in [1.165, 1.54) is 54.6 Å². The van der Waals surface area contributed by atoms with Crippen LogP contribution >= 0.6 is 0 Å². The molecule has 4 aromatic carbocycles. The highest BCUT2D eigenvalue weighted by atomic mass is 19.1. The number of halogens is 1. The van der Waals surface area contributed by atoms with Gasteiger partial charge in [-0.05, 0) is 86.5 Å². The number of hydrogen-bond donors (Lipinski definition) is 2. The van der Waals surface area contributed by atoms with Gasteiger partial charge in [0.2, 0.25) is 0 Å². The van der Waals surface area contributed by atoms with E-state index in [0.29, 0.717) is 22.4 Å². The number of nitrogens with zero attached hydrogens (tertiary/aromatic N) is 1. The molecular weight excluding hydrogens is 741 g/mol. The van der Waals surface area contributed by atoms with Crippen molar-refractivity contribution in [3.63, 3.8) is 0 Å². The Bertz CT molecular complexity index is 2020. The SMILES string of the molecule is CCOC(=O)c1ccc(NC(=O)O[C@@H]2[C@@H](OCc3ccc(F)cc3)[C@@H](OCC)O[C@H](COC(=O)Nc3cccc(C#N)c3)[C@H]2OC(=O)Cc2ccc(C)cc2)cc1. The van der Waals surface area contributed by atoms with Crippen LogP contribution in [0.4, 0.5) is 25.4 Å². The molecule has 0 aromatic heterocycles. The lowest BCUT2D eigenvalue weighted by molar-refractivity contribution is -0.311. The minimum absolute atomic E-state index is 0.105. The lowest BCUT2D eigenvalue weighted by Crippen LogP contribution is -2.63. The maximum Gasteiger partial charge on any atom is 0.412 e. The molecule has 0 radical (unpaired) electrons. The molecule has 5 rings (SSSR count). The molecule has 0 unspecified atom stereocenters. The smallest absolute Gasteiger partial charge is 0.412 e. The summed E-state index contributed by atoms with van der Waals surface area (Å²) in [5.41, 5.74) is 3.32. The Kier molecular flexibility index (Phi) is 15.1. The highest BCUT2D eigenvalue weighted by Gasteiger charge is 2.52. The van der Waals surface area contributed by atoms with Crippen molar-refractivity contribution in [2.24, 2.45) is 0 Å². The molecule has 1 heterocycles. The van der Waals surface area contributed by atoms with E-state index in [-0.39, 0.29) is 37.5 Å². The molecule has 1 aliphatic heterocycles. The molecule has 0 aliphatic carbocycles. The summed E-state index contributed by atoms with van der Waals surface area (Å²) in [6, 6.07) is 26.8. The number of rotatable bonds is 15. The van der Waals surface area contributed by atoms with E-state index in [4.69, 9.17) is 33.2 Å². The summed E-state index contributed by atoms with van der Waals surface area (Å²) in [4.78, 5) is 52.4. The molecule has 298 valence electrons. The lowest BCUT2D eigenvalue weighted by Gasteiger charge is -2.44. The average Bonchev–Trinajstić information content (AvgIpc) is 3.20. The summed E-state index contributed by atoms with van der Waals surface area (Å²) in [5.74, 6) is -1.71. The van der Waals surface area contributed by atoms with Crippen LogP contribution in [0.15, 0.2) is 97.1 Å². The van der Waals surface area contributed by atoms with Crippen molar-refractivity contribution >= 4 is 35.5 Å². The van der Waals surface area contributed by atoms with Crippen molar-refractivity contribution in [3.8, 4) is 6.07 Å². The van der Waals surface area contributed by atoms with Crippen LogP contribution in [0, 0.1) is 24.1 Å². The lowest BCUT2D eigenvalue weighted by atomic mass is 9.98. The normalized spacial score (nSPS) is 18.7. The van der Waals surface area contributed by atoms with Gasteiger partial charge in [-0.1, -0.05) is 48.0 Å². The van der Waals surface area contributed by atoms with E-state index in [1.807, 2.05) is 25.1 Å². The molecule has 1 fully saturated rings. The molecule has 2 amide bonds. The third-order valence-corrected chi connectivity index (χ3v) is 8.52. The fourth-order valence-corrected chi connectivity index (χ4v) is 5.76. The molecule has 14 nitrogen and oxygen atoms in total. The summed E-state index contributed by atoms with van der Waals surface area (Å²) in [6.45, 7) is 4.95. The first-order valence-corrected chi connectivity index (χ1v) is 18.1. The number of esters is 2. The fourth-order valence-electron chi connectivity index (χ4n) is 5.76. The number of nitriles is 1. The van der Waals surface area contributed by atoms with Crippen molar-refractivity contribution < 1.29 is 56.7 Å². The Morgan fingerprint density at radius 3 is 2.14 bits per heavy atom. The second-order valence-corrected chi connectivity index (χ2v) is 12.7. The maximum atomic E-state index is 13.7. The average molecular weight is 784 g/mol. The summed E-state index contributed by atoms with van der Waals surface area (Å²) in [6.07, 6.45) is -8.73. The zero-order valence-corrected chi connectivity index (χ0v) is 31.5. The van der Waals surface area contributed by atoms with E-state index in [2.05, 4.69) is 10.6 Å². The number of anilines is 2. The van der Waals surface area contributed by atoms with Crippen molar-refractivity contribution in [1.29, 1.82) is 5.26 Å². The first kappa shape index (κ1) is 41.8. The van der Waals surface area contributed by atoms with Gasteiger partial charge in [-0.2, -0.15) is 5.26 Å². The zero-order chi connectivity index (χ0) is 40.7. The molecule has 0 saturated carbocycles. The molecule has 15 heteroatoms. The molecule has 0 bridgehead atoms. The molecule has 2 N–H and O–H groups in total. The van der Waals surface area contributed by atoms with Crippen LogP contribution in [0.2, 0.25) is 0 Å². The van der Waals surface area contributed by atoms with Gasteiger partial charge in [0.1, 0.15) is 24.6 Å². The van der Waals surface area contributed by atoms with Crippen LogP contribution in [0.25, 0.3) is 0 Å². The predicted octanol–water partition coefficient (Wildman–Crippen LogP) is 6.85. The first-order chi connectivity index (χ1) is 27.5. The van der Waals surface area contributed by atoms with Crippen molar-refractivity contribution in [3.05, 3.63) is 131 Å². The highest BCUT2D eigenvalue weighted by molar-refractivity contribution is 5.91. The number of benzene rings is 4. The minimum atomic E-state index is -1.44. The van der Waals surface area contributed by atoms with Crippen LogP contribution in [-0.4, -0.2) is 74.7 Å². The molecule has 57 heavy (non-hydrogen) atoms. The van der Waals surface area contributed by atoms with Gasteiger partial charge in [0.25, 0.3) is 0 Å². The molecule has 0 spiro atoms. The Balaban J connectivity index is 1.44. The van der Waals surface area contributed by atoms with Gasteiger partial charge in [0.15, 0.2) is 18.5 Å². The number of carbonyl (C=O) groups is 4. The minimum Gasteiger partial charge on any atom is -0.462 e. The molecule has 1 aliphatic rings. The number of ether oxygens (including phenoxy) is 7. The third kappa shape index (κ3) is 12.3. The quantitative estimate of drug-likeness (QED) is 0.0947. The van der Waals surface area contributed by atoms with Crippen molar-refractivity contribution in [2.75, 3.05) is 30.5 Å². The second kappa shape index (κ2) is 20.5. The van der Waals surface area contributed by atoms with Crippen LogP contribution in [-0.2, 0) is 51.0 Å². The van der Waals surface area contributed by atoms with Crippen molar-refractivity contribution in [2.45, 2.75) is 64.5 Å². The standard InChI is InChI=1S/C42H42FN3O11/c1-4-51-39(48)30-15-19-32(20-16-30)45-42(50)57-37-36(56-35(47)22-27-11-9-26(3)10-12-27)34(25-54-41(49)46-33-8-6-7-29(21-33)23-44)55-40(52-5-2)38(37)53-24-28-13-17-31(43)18-14-28/h6-21,34,36-38,40H,4-5,22,24-25H2,1-3H3,(H,45,50)(H,46,49)/t34-,36-,37+,38-,40+/m1/s1. The Hall–Kier alpha value is -6.34. The summed E-state index contributed by atoms with van der Waals surface area (Å²) in [7, 11) is 0. The van der Waals surface area contributed by atoms with Crippen molar-refractivity contribution in [1.82, 2.24) is 0 Å². The summed E-state index contributed by atoms with van der Waals surface area (Å²) < 4.78 is 54.7. The number of aryl methyl sites for hydroxylation is 1. The van der Waals surface area contributed by atoms with Gasteiger partial charge in [0, 0.05) is 18.0 Å². The van der Waals surface area contributed by atoms with Crippen LogP contribution in [0.5, 0.6) is 0 Å². The van der Waals surface area contributed by atoms with Gasteiger partial charge in [-0.15, -0.1) is 0 Å². The number of nitrogens with one attached hydrogen (secondary N) is 2. The molecule has 5 atom stereocenters. The van der Waals surface area contributed by atoms with Gasteiger partial charge in [-0.25, -0.2) is 18.8 Å². The molecular formula is C42H42FN3O11. The third-order valence-electron chi connectivity index (χ3n) is 8.52. The Labute approximate surface area is 328 Å². The van der Waals surface area contributed by atoms with E-state index in [1.54, 1.807) is 44.2 Å². The zero-order valence-electron chi connectivity index (χ0n) is 31.5. The van der Waals surface area contributed by atoms with Gasteiger partial charge in [0.05, 0.1) is 36.8 Å². The molecule has 4 aromatic rings. The monoisotopic (exact) mass is 783 g/mol. The summed E-state index contributed by atoms with van der Waals surface area (Å²) >= 11 is 0. The topological polar surface area (TPSA) is 181 Å². The predicted molar refractivity (Wildman–Crippen MR) is 202 cm³/mol. The van der Waals surface area contributed by atoms with Gasteiger partial charge >= 0.3 is 24.1 Å². The van der Waals surface area contributed by atoms with E-state index in [0.717, 1.165) is 5.56 Å². The van der Waals surface area contributed by atoms with E-state index >= 15 is 0 Å². The first-order valence-electron chi connectivity index (χ1n) is 18.1. The van der Waals surface area contributed by atoms with Crippen LogP contribution in [0.1, 0.15) is 46.5 Å². The van der Waals surface area contributed by atoms with Crippen LogP contribution < -0.4 is 10.6 Å².